The molecule has 1 aliphatic heterocycles. The molecule has 1 atom stereocenters. The summed E-state index contributed by atoms with van der Waals surface area (Å²) in [5.74, 6) is 0.306. The lowest BCUT2D eigenvalue weighted by Crippen LogP contribution is -2.38. The molecule has 0 spiro atoms. The Labute approximate surface area is 115 Å². The molecule has 17 heavy (non-hydrogen) atoms. The number of nitrogens with one attached hydrogen (secondary N) is 1. The minimum atomic E-state index is -0.277. The number of hydrogen-bond acceptors (Lipinski definition) is 2. The Morgan fingerprint density at radius 3 is 2.82 bits per heavy atom. The minimum Gasteiger partial charge on any atom is -0.492 e. The van der Waals surface area contributed by atoms with Crippen LogP contribution >= 0.6 is 28.3 Å². The van der Waals surface area contributed by atoms with E-state index in [4.69, 9.17) is 4.74 Å². The van der Waals surface area contributed by atoms with Crippen LogP contribution in [0.25, 0.3) is 0 Å². The third-order valence-electron chi connectivity index (χ3n) is 2.70. The lowest BCUT2D eigenvalue weighted by molar-refractivity contribution is 0.238. The first-order valence-corrected chi connectivity index (χ1v) is 6.35. The van der Waals surface area contributed by atoms with Crippen LogP contribution in [-0.2, 0) is 0 Å². The molecular formula is C12H16BrClFNO. The normalized spacial score (nSPS) is 19.5. The van der Waals surface area contributed by atoms with Crippen LogP contribution in [0.1, 0.15) is 19.3 Å². The summed E-state index contributed by atoms with van der Waals surface area (Å²) < 4.78 is 19.4. The van der Waals surface area contributed by atoms with Crippen molar-refractivity contribution < 1.29 is 9.13 Å². The minimum absolute atomic E-state index is 0. The summed E-state index contributed by atoms with van der Waals surface area (Å²) >= 11 is 3.24. The van der Waals surface area contributed by atoms with Gasteiger partial charge in [0, 0.05) is 16.6 Å². The maximum absolute atomic E-state index is 13.1. The van der Waals surface area contributed by atoms with E-state index >= 15 is 0 Å². The second kappa shape index (κ2) is 7.19. The number of halogens is 3. The van der Waals surface area contributed by atoms with Crippen molar-refractivity contribution in [3.8, 4) is 5.75 Å². The molecule has 1 aliphatic rings. The predicted octanol–water partition coefficient (Wildman–Crippen LogP) is 3.53. The number of ether oxygens (including phenoxy) is 1. The van der Waals surface area contributed by atoms with Crippen molar-refractivity contribution in [2.24, 2.45) is 0 Å². The molecular weight excluding hydrogens is 308 g/mol. The molecule has 96 valence electrons. The van der Waals surface area contributed by atoms with Gasteiger partial charge in [0.1, 0.15) is 18.2 Å². The topological polar surface area (TPSA) is 21.3 Å². The number of benzene rings is 1. The highest BCUT2D eigenvalue weighted by Gasteiger charge is 2.13. The van der Waals surface area contributed by atoms with Crippen LogP contribution in [0.5, 0.6) is 5.75 Å². The van der Waals surface area contributed by atoms with Gasteiger partial charge in [0.25, 0.3) is 0 Å². The molecule has 1 N–H and O–H groups in total. The highest BCUT2D eigenvalue weighted by molar-refractivity contribution is 9.10. The molecule has 2 nitrogen and oxygen atoms in total. The maximum atomic E-state index is 13.1. The fourth-order valence-corrected chi connectivity index (χ4v) is 2.32. The molecule has 5 heteroatoms. The van der Waals surface area contributed by atoms with Gasteiger partial charge in [0.15, 0.2) is 0 Å². The molecule has 1 fully saturated rings. The number of piperidine rings is 1. The zero-order valence-corrected chi connectivity index (χ0v) is 11.8. The average Bonchev–Trinajstić information content (AvgIpc) is 2.27. The van der Waals surface area contributed by atoms with E-state index in [1.165, 1.54) is 25.0 Å². The van der Waals surface area contributed by atoms with Crippen LogP contribution in [-0.4, -0.2) is 19.2 Å². The molecule has 1 heterocycles. The molecule has 0 saturated carbocycles. The Morgan fingerprint density at radius 2 is 2.18 bits per heavy atom. The van der Waals surface area contributed by atoms with E-state index in [9.17, 15) is 4.39 Å². The Hall–Kier alpha value is -0.320. The van der Waals surface area contributed by atoms with Gasteiger partial charge in [-0.15, -0.1) is 12.4 Å². The van der Waals surface area contributed by atoms with E-state index < -0.39 is 0 Å². The fourth-order valence-electron chi connectivity index (χ4n) is 1.87. The van der Waals surface area contributed by atoms with Crippen molar-refractivity contribution in [2.75, 3.05) is 13.2 Å². The summed E-state index contributed by atoms with van der Waals surface area (Å²) in [4.78, 5) is 0. The molecule has 0 radical (unpaired) electrons. The van der Waals surface area contributed by atoms with Gasteiger partial charge < -0.3 is 10.1 Å². The second-order valence-electron chi connectivity index (χ2n) is 4.06. The van der Waals surface area contributed by atoms with Gasteiger partial charge in [-0.2, -0.15) is 0 Å². The van der Waals surface area contributed by atoms with Gasteiger partial charge in [0.05, 0.1) is 0 Å². The van der Waals surface area contributed by atoms with Crippen LogP contribution in [0, 0.1) is 5.82 Å². The first-order chi connectivity index (χ1) is 7.74. The van der Waals surface area contributed by atoms with Crippen molar-refractivity contribution in [1.82, 2.24) is 5.32 Å². The molecule has 0 bridgehead atoms. The van der Waals surface area contributed by atoms with Crippen molar-refractivity contribution in [3.63, 3.8) is 0 Å². The first kappa shape index (κ1) is 14.7. The predicted molar refractivity (Wildman–Crippen MR) is 72.5 cm³/mol. The van der Waals surface area contributed by atoms with Gasteiger partial charge in [-0.1, -0.05) is 22.4 Å². The summed E-state index contributed by atoms with van der Waals surface area (Å²) in [6.45, 7) is 1.66. The quantitative estimate of drug-likeness (QED) is 0.918. The van der Waals surface area contributed by atoms with Gasteiger partial charge in [-0.05, 0) is 31.5 Å². The maximum Gasteiger partial charge on any atom is 0.128 e. The van der Waals surface area contributed by atoms with Crippen molar-refractivity contribution in [1.29, 1.82) is 0 Å². The van der Waals surface area contributed by atoms with E-state index in [0.29, 0.717) is 22.9 Å². The summed E-state index contributed by atoms with van der Waals surface area (Å²) in [6.07, 6.45) is 3.62. The van der Waals surface area contributed by atoms with Crippen LogP contribution in [0.15, 0.2) is 22.7 Å². The standard InChI is InChI=1S/C12H15BrFNO.ClH/c13-9-5-10(14)7-12(6-9)16-8-11-3-1-2-4-15-11;/h5-7,11,15H,1-4,8H2;1H/t11-;/m0./s1. The smallest absolute Gasteiger partial charge is 0.128 e. The molecule has 0 aliphatic carbocycles. The van der Waals surface area contributed by atoms with Gasteiger partial charge >= 0.3 is 0 Å². The zero-order chi connectivity index (χ0) is 11.4. The van der Waals surface area contributed by atoms with E-state index in [1.807, 2.05) is 0 Å². The van der Waals surface area contributed by atoms with Crippen LogP contribution in [0.2, 0.25) is 0 Å². The molecule has 0 aromatic heterocycles. The van der Waals surface area contributed by atoms with E-state index in [2.05, 4.69) is 21.2 Å². The van der Waals surface area contributed by atoms with E-state index in [0.717, 1.165) is 13.0 Å². The monoisotopic (exact) mass is 323 g/mol. The Balaban J connectivity index is 0.00000144. The summed E-state index contributed by atoms with van der Waals surface area (Å²) in [5.41, 5.74) is 0. The lowest BCUT2D eigenvalue weighted by atomic mass is 10.1. The molecule has 0 unspecified atom stereocenters. The zero-order valence-electron chi connectivity index (χ0n) is 9.42. The van der Waals surface area contributed by atoms with Gasteiger partial charge in [0.2, 0.25) is 0 Å². The first-order valence-electron chi connectivity index (χ1n) is 5.56. The summed E-state index contributed by atoms with van der Waals surface area (Å²) in [6, 6.07) is 5.02. The molecule has 0 amide bonds. The molecule has 1 aromatic carbocycles. The third-order valence-corrected chi connectivity index (χ3v) is 3.16. The highest BCUT2D eigenvalue weighted by atomic mass is 79.9. The Kier molecular flexibility index (Phi) is 6.23. The molecule has 1 aromatic rings. The third kappa shape index (κ3) is 4.82. The highest BCUT2D eigenvalue weighted by Crippen LogP contribution is 2.21. The fraction of sp³-hybridized carbons (Fsp3) is 0.500. The summed E-state index contributed by atoms with van der Waals surface area (Å²) in [5, 5.41) is 3.39. The Bertz CT molecular complexity index is 338. The van der Waals surface area contributed by atoms with E-state index in [1.54, 1.807) is 6.07 Å². The largest absolute Gasteiger partial charge is 0.492 e. The van der Waals surface area contributed by atoms with Crippen molar-refractivity contribution in [2.45, 2.75) is 25.3 Å². The summed E-state index contributed by atoms with van der Waals surface area (Å²) in [7, 11) is 0. The SMILES string of the molecule is Cl.Fc1cc(Br)cc(OC[C@@H]2CCCCN2)c1. The molecule has 2 rings (SSSR count). The van der Waals surface area contributed by atoms with Crippen LogP contribution in [0.3, 0.4) is 0 Å². The van der Waals surface area contributed by atoms with E-state index in [-0.39, 0.29) is 18.2 Å². The van der Waals surface area contributed by atoms with Crippen LogP contribution < -0.4 is 10.1 Å². The second-order valence-corrected chi connectivity index (χ2v) is 4.98. The average molecular weight is 325 g/mol. The van der Waals surface area contributed by atoms with Crippen molar-refractivity contribution in [3.05, 3.63) is 28.5 Å². The van der Waals surface area contributed by atoms with Crippen molar-refractivity contribution >= 4 is 28.3 Å². The number of rotatable bonds is 3. The van der Waals surface area contributed by atoms with Crippen LogP contribution in [0.4, 0.5) is 4.39 Å². The van der Waals surface area contributed by atoms with Gasteiger partial charge in [-0.3, -0.25) is 0 Å². The van der Waals surface area contributed by atoms with Gasteiger partial charge in [-0.25, -0.2) is 4.39 Å². The lowest BCUT2D eigenvalue weighted by Gasteiger charge is -2.23. The Morgan fingerprint density at radius 1 is 1.35 bits per heavy atom. The number of hydrogen-bond donors (Lipinski definition) is 1. The molecule has 1 saturated heterocycles.